The minimum Gasteiger partial charge on any atom is -0.348 e. The van der Waals surface area contributed by atoms with Gasteiger partial charge in [-0.2, -0.15) is 0 Å². The van der Waals surface area contributed by atoms with E-state index >= 15 is 0 Å². The third kappa shape index (κ3) is 1.59. The molecule has 2 amide bonds. The average Bonchev–Trinajstić information content (AvgIpc) is 2.74. The molecule has 0 spiro atoms. The van der Waals surface area contributed by atoms with E-state index in [-0.39, 0.29) is 24.5 Å². The van der Waals surface area contributed by atoms with Crippen LogP contribution < -0.4 is 5.32 Å². The van der Waals surface area contributed by atoms with Crippen LogP contribution in [0.25, 0.3) is 0 Å². The van der Waals surface area contributed by atoms with Crippen LogP contribution in [-0.2, 0) is 14.3 Å². The minimum absolute atomic E-state index is 0.0503. The Morgan fingerprint density at radius 2 is 2.00 bits per heavy atom. The van der Waals surface area contributed by atoms with Gasteiger partial charge >= 0.3 is 0 Å². The predicted molar refractivity (Wildman–Crippen MR) is 63.4 cm³/mol. The molecule has 1 N–H and O–H groups in total. The van der Waals surface area contributed by atoms with Crippen molar-refractivity contribution < 1.29 is 14.3 Å². The second kappa shape index (κ2) is 4.10. The number of benzene rings is 1. The van der Waals surface area contributed by atoms with Gasteiger partial charge in [0.1, 0.15) is 6.04 Å². The van der Waals surface area contributed by atoms with E-state index in [0.29, 0.717) is 0 Å². The van der Waals surface area contributed by atoms with E-state index < -0.39 is 12.3 Å². The number of carbonyl (C=O) groups is 2. The molecule has 3 atom stereocenters. The van der Waals surface area contributed by atoms with Gasteiger partial charge in [0.2, 0.25) is 11.8 Å². The molecule has 3 rings (SSSR count). The maximum absolute atomic E-state index is 12.0. The van der Waals surface area contributed by atoms with Crippen molar-refractivity contribution in [2.24, 2.45) is 0 Å². The molecule has 0 saturated carbocycles. The number of nitrogens with one attached hydrogen (secondary N) is 1. The number of piperazine rings is 1. The summed E-state index contributed by atoms with van der Waals surface area (Å²) in [5, 5.41) is 2.60. The summed E-state index contributed by atoms with van der Waals surface area (Å²) in [5.41, 5.74) is 0.898. The molecule has 1 aromatic carbocycles. The molecule has 2 aliphatic heterocycles. The summed E-state index contributed by atoms with van der Waals surface area (Å²) in [5.74, 6) is -0.238. The second-order valence-corrected chi connectivity index (χ2v) is 4.57. The Morgan fingerprint density at radius 3 is 2.72 bits per heavy atom. The third-order valence-electron chi connectivity index (χ3n) is 3.40. The van der Waals surface area contributed by atoms with Crippen molar-refractivity contribution >= 4 is 11.8 Å². The first-order valence-electron chi connectivity index (χ1n) is 5.98. The molecule has 1 aromatic rings. The summed E-state index contributed by atoms with van der Waals surface area (Å²) in [7, 11) is 0. The molecule has 0 radical (unpaired) electrons. The number of nitrogens with zero attached hydrogens (tertiary/aromatic N) is 1. The van der Waals surface area contributed by atoms with Crippen molar-refractivity contribution in [1.82, 2.24) is 10.2 Å². The Balaban J connectivity index is 1.98. The number of rotatable bonds is 1. The van der Waals surface area contributed by atoms with Gasteiger partial charge < -0.3 is 10.1 Å². The van der Waals surface area contributed by atoms with Gasteiger partial charge in [0.15, 0.2) is 6.23 Å². The van der Waals surface area contributed by atoms with Crippen molar-refractivity contribution in [2.75, 3.05) is 6.54 Å². The molecular weight excluding hydrogens is 232 g/mol. The van der Waals surface area contributed by atoms with Crippen molar-refractivity contribution in [2.45, 2.75) is 25.3 Å². The Hall–Kier alpha value is -1.88. The summed E-state index contributed by atoms with van der Waals surface area (Å²) in [6.45, 7) is 1.87. The van der Waals surface area contributed by atoms with Crippen molar-refractivity contribution in [3.05, 3.63) is 35.9 Å². The third-order valence-corrected chi connectivity index (χ3v) is 3.40. The average molecular weight is 246 g/mol. The van der Waals surface area contributed by atoms with Gasteiger partial charge in [-0.05, 0) is 6.92 Å². The fourth-order valence-electron chi connectivity index (χ4n) is 2.56. The van der Waals surface area contributed by atoms with Gasteiger partial charge in [0.05, 0.1) is 12.6 Å². The Kier molecular flexibility index (Phi) is 2.56. The van der Waals surface area contributed by atoms with E-state index in [1.807, 2.05) is 37.3 Å². The van der Waals surface area contributed by atoms with Gasteiger partial charge in [-0.1, -0.05) is 30.3 Å². The van der Waals surface area contributed by atoms with Crippen LogP contribution in [0.5, 0.6) is 0 Å². The molecule has 0 aliphatic carbocycles. The van der Waals surface area contributed by atoms with E-state index in [2.05, 4.69) is 5.32 Å². The van der Waals surface area contributed by atoms with Crippen LogP contribution in [0.4, 0.5) is 0 Å². The van der Waals surface area contributed by atoms with Crippen LogP contribution in [0.3, 0.4) is 0 Å². The number of hydrogen-bond acceptors (Lipinski definition) is 3. The van der Waals surface area contributed by atoms with Crippen LogP contribution >= 0.6 is 0 Å². The lowest BCUT2D eigenvalue weighted by atomic mass is 10.1. The SMILES string of the molecule is CC1OC(c2ccccc2)N2C(=O)CNC(=O)C12. The first-order chi connectivity index (χ1) is 8.68. The number of amides is 2. The van der Waals surface area contributed by atoms with E-state index in [1.165, 1.54) is 0 Å². The Labute approximate surface area is 105 Å². The summed E-state index contributed by atoms with van der Waals surface area (Å²) >= 11 is 0. The van der Waals surface area contributed by atoms with Gasteiger partial charge in [-0.25, -0.2) is 0 Å². The smallest absolute Gasteiger partial charge is 0.246 e. The van der Waals surface area contributed by atoms with Crippen LogP contribution in [0.2, 0.25) is 0 Å². The Morgan fingerprint density at radius 1 is 1.28 bits per heavy atom. The van der Waals surface area contributed by atoms with E-state index in [9.17, 15) is 9.59 Å². The van der Waals surface area contributed by atoms with Crippen molar-refractivity contribution in [3.63, 3.8) is 0 Å². The molecule has 2 aliphatic rings. The highest BCUT2D eigenvalue weighted by atomic mass is 16.5. The lowest BCUT2D eigenvalue weighted by Crippen LogP contribution is -2.58. The van der Waals surface area contributed by atoms with Crippen LogP contribution in [0.1, 0.15) is 18.7 Å². The number of ether oxygens (including phenoxy) is 1. The molecule has 18 heavy (non-hydrogen) atoms. The number of fused-ring (bicyclic) bond motifs is 1. The molecule has 2 fully saturated rings. The van der Waals surface area contributed by atoms with Gasteiger partial charge in [0, 0.05) is 5.56 Å². The first kappa shape index (κ1) is 11.2. The highest BCUT2D eigenvalue weighted by Crippen LogP contribution is 2.35. The zero-order valence-electron chi connectivity index (χ0n) is 10.00. The monoisotopic (exact) mass is 246 g/mol. The summed E-state index contributed by atoms with van der Waals surface area (Å²) in [4.78, 5) is 25.4. The number of hydrogen-bond donors (Lipinski definition) is 1. The molecule has 0 bridgehead atoms. The minimum atomic E-state index is -0.517. The van der Waals surface area contributed by atoms with Gasteiger partial charge in [0.25, 0.3) is 0 Å². The summed E-state index contributed by atoms with van der Waals surface area (Å²) in [6.07, 6.45) is -0.746. The largest absolute Gasteiger partial charge is 0.348 e. The normalized spacial score (nSPS) is 31.2. The predicted octanol–water partition coefficient (Wildman–Crippen LogP) is 0.431. The van der Waals surface area contributed by atoms with E-state index in [4.69, 9.17) is 4.74 Å². The highest BCUT2D eigenvalue weighted by Gasteiger charge is 2.49. The molecule has 0 aromatic heterocycles. The van der Waals surface area contributed by atoms with Gasteiger partial charge in [-0.15, -0.1) is 0 Å². The summed E-state index contributed by atoms with van der Waals surface area (Å²) in [6, 6.07) is 8.98. The van der Waals surface area contributed by atoms with Crippen LogP contribution in [0.15, 0.2) is 30.3 Å². The topological polar surface area (TPSA) is 58.6 Å². The molecule has 2 saturated heterocycles. The fraction of sp³-hybridized carbons (Fsp3) is 0.385. The highest BCUT2D eigenvalue weighted by molar-refractivity contribution is 5.95. The first-order valence-corrected chi connectivity index (χ1v) is 5.98. The second-order valence-electron chi connectivity index (χ2n) is 4.57. The molecule has 2 heterocycles. The zero-order valence-corrected chi connectivity index (χ0v) is 10.00. The lowest BCUT2D eigenvalue weighted by Gasteiger charge is -2.32. The quantitative estimate of drug-likeness (QED) is 0.781. The summed E-state index contributed by atoms with van der Waals surface area (Å²) < 4.78 is 5.78. The standard InChI is InChI=1S/C13H14N2O3/c1-8-11-12(17)14-7-10(16)15(11)13(18-8)9-5-3-2-4-6-9/h2-6,8,11,13H,7H2,1H3,(H,14,17). The fourth-order valence-corrected chi connectivity index (χ4v) is 2.56. The molecule has 5 nitrogen and oxygen atoms in total. The zero-order chi connectivity index (χ0) is 12.7. The van der Waals surface area contributed by atoms with Crippen molar-refractivity contribution in [1.29, 1.82) is 0 Å². The maximum atomic E-state index is 12.0. The lowest BCUT2D eigenvalue weighted by molar-refractivity contribution is -0.147. The maximum Gasteiger partial charge on any atom is 0.246 e. The van der Waals surface area contributed by atoms with E-state index in [1.54, 1.807) is 4.90 Å². The molecular formula is C13H14N2O3. The van der Waals surface area contributed by atoms with Crippen LogP contribution in [0, 0.1) is 0 Å². The van der Waals surface area contributed by atoms with Crippen molar-refractivity contribution in [3.8, 4) is 0 Å². The van der Waals surface area contributed by atoms with Gasteiger partial charge in [-0.3, -0.25) is 14.5 Å². The Bertz CT molecular complexity index is 488. The molecule has 94 valence electrons. The number of carbonyl (C=O) groups excluding carboxylic acids is 2. The van der Waals surface area contributed by atoms with Crippen LogP contribution in [-0.4, -0.2) is 35.4 Å². The van der Waals surface area contributed by atoms with E-state index in [0.717, 1.165) is 5.56 Å². The molecule has 3 unspecified atom stereocenters. The molecule has 5 heteroatoms.